The van der Waals surface area contributed by atoms with Crippen LogP contribution in [-0.2, 0) is 6.54 Å². The van der Waals surface area contributed by atoms with Crippen LogP contribution >= 0.6 is 0 Å². The molecule has 3 nitrogen and oxygen atoms in total. The van der Waals surface area contributed by atoms with Crippen LogP contribution in [0.5, 0.6) is 0 Å². The molecule has 0 aromatic carbocycles. The zero-order valence-corrected chi connectivity index (χ0v) is 8.03. The Balaban J connectivity index is 2.75. The predicted octanol–water partition coefficient (Wildman–Crippen LogP) is 0.867. The number of aliphatic hydroxyl groups excluding tert-OH is 1. The van der Waals surface area contributed by atoms with Crippen LogP contribution < -0.4 is 5.43 Å². The van der Waals surface area contributed by atoms with Crippen LogP contribution in [0.3, 0.4) is 0 Å². The van der Waals surface area contributed by atoms with Crippen LogP contribution in [0.25, 0.3) is 0 Å². The molecule has 1 heterocycles. The Bertz CT molecular complexity index is 307. The third-order valence-electron chi connectivity index (χ3n) is 1.90. The zero-order valence-electron chi connectivity index (χ0n) is 8.03. The van der Waals surface area contributed by atoms with E-state index in [0.717, 1.165) is 0 Å². The highest BCUT2D eigenvalue weighted by Gasteiger charge is 2.16. The van der Waals surface area contributed by atoms with E-state index in [1.165, 1.54) is 12.1 Å². The van der Waals surface area contributed by atoms with Gasteiger partial charge in [-0.2, -0.15) is 0 Å². The van der Waals surface area contributed by atoms with Crippen LogP contribution in [-0.4, -0.2) is 16.3 Å². The van der Waals surface area contributed by atoms with Gasteiger partial charge >= 0.3 is 0 Å². The second-order valence-electron chi connectivity index (χ2n) is 4.03. The highest BCUT2D eigenvalue weighted by molar-refractivity contribution is 4.94. The Morgan fingerprint density at radius 2 is 1.92 bits per heavy atom. The van der Waals surface area contributed by atoms with Gasteiger partial charge in [-0.3, -0.25) is 4.79 Å². The SMILES string of the molecule is CC(C)(CO)Cn1ccc(=O)cc1. The molecule has 13 heavy (non-hydrogen) atoms. The summed E-state index contributed by atoms with van der Waals surface area (Å²) < 4.78 is 1.90. The van der Waals surface area contributed by atoms with Crippen molar-refractivity contribution < 1.29 is 5.11 Å². The Kier molecular flexibility index (Phi) is 2.88. The summed E-state index contributed by atoms with van der Waals surface area (Å²) in [6.45, 7) is 4.80. The summed E-state index contributed by atoms with van der Waals surface area (Å²) >= 11 is 0. The molecule has 1 aromatic rings. The molecular weight excluding hydrogens is 166 g/mol. The normalized spacial score (nSPS) is 11.6. The van der Waals surface area contributed by atoms with Crippen LogP contribution in [0.15, 0.2) is 29.3 Å². The lowest BCUT2D eigenvalue weighted by Crippen LogP contribution is -2.24. The van der Waals surface area contributed by atoms with Crippen LogP contribution in [0.4, 0.5) is 0 Å². The molecule has 1 aromatic heterocycles. The smallest absolute Gasteiger partial charge is 0.181 e. The van der Waals surface area contributed by atoms with E-state index < -0.39 is 0 Å². The summed E-state index contributed by atoms with van der Waals surface area (Å²) in [5.41, 5.74) is -0.132. The van der Waals surface area contributed by atoms with Crippen molar-refractivity contribution in [1.29, 1.82) is 0 Å². The summed E-state index contributed by atoms with van der Waals surface area (Å²) in [5.74, 6) is 0. The highest BCUT2D eigenvalue weighted by Crippen LogP contribution is 2.15. The topological polar surface area (TPSA) is 42.2 Å². The molecule has 0 spiro atoms. The average Bonchev–Trinajstić information content (AvgIpc) is 2.09. The molecule has 0 aliphatic heterocycles. The first-order valence-corrected chi connectivity index (χ1v) is 4.30. The van der Waals surface area contributed by atoms with Gasteiger partial charge in [0.2, 0.25) is 0 Å². The van der Waals surface area contributed by atoms with Gasteiger partial charge in [0.15, 0.2) is 5.43 Å². The fraction of sp³-hybridized carbons (Fsp3) is 0.500. The molecule has 0 fully saturated rings. The van der Waals surface area contributed by atoms with E-state index in [0.29, 0.717) is 6.54 Å². The Morgan fingerprint density at radius 3 is 2.38 bits per heavy atom. The maximum absolute atomic E-state index is 10.8. The third-order valence-corrected chi connectivity index (χ3v) is 1.90. The molecule has 0 aliphatic rings. The molecular formula is C10H15NO2. The fourth-order valence-corrected chi connectivity index (χ4v) is 1.09. The van der Waals surface area contributed by atoms with Crippen molar-refractivity contribution >= 4 is 0 Å². The van der Waals surface area contributed by atoms with E-state index in [1.54, 1.807) is 12.4 Å². The second kappa shape index (κ2) is 3.75. The minimum atomic E-state index is -0.144. The molecule has 1 rings (SSSR count). The van der Waals surface area contributed by atoms with Crippen LogP contribution in [0.2, 0.25) is 0 Å². The van der Waals surface area contributed by atoms with Crippen molar-refractivity contribution in [1.82, 2.24) is 4.57 Å². The number of aromatic nitrogens is 1. The molecule has 72 valence electrons. The van der Waals surface area contributed by atoms with Gasteiger partial charge < -0.3 is 9.67 Å². The summed E-state index contributed by atoms with van der Waals surface area (Å²) in [7, 11) is 0. The van der Waals surface area contributed by atoms with Gasteiger partial charge in [0.25, 0.3) is 0 Å². The number of hydrogen-bond acceptors (Lipinski definition) is 2. The first-order chi connectivity index (χ1) is 6.03. The summed E-state index contributed by atoms with van der Waals surface area (Å²) in [6.07, 6.45) is 3.47. The Hall–Kier alpha value is -1.09. The van der Waals surface area contributed by atoms with Crippen molar-refractivity contribution in [2.24, 2.45) is 5.41 Å². The lowest BCUT2D eigenvalue weighted by Gasteiger charge is -2.22. The van der Waals surface area contributed by atoms with Gasteiger partial charge in [-0.15, -0.1) is 0 Å². The number of aliphatic hydroxyl groups is 1. The van der Waals surface area contributed by atoms with Gasteiger partial charge in [-0.25, -0.2) is 0 Å². The molecule has 0 amide bonds. The standard InChI is InChI=1S/C10H15NO2/c1-10(2,8-12)7-11-5-3-9(13)4-6-11/h3-6,12H,7-8H2,1-2H3. The quantitative estimate of drug-likeness (QED) is 0.751. The van der Waals surface area contributed by atoms with E-state index in [2.05, 4.69) is 0 Å². The number of pyridine rings is 1. The van der Waals surface area contributed by atoms with Crippen molar-refractivity contribution in [2.75, 3.05) is 6.61 Å². The predicted molar refractivity (Wildman–Crippen MR) is 51.6 cm³/mol. The van der Waals surface area contributed by atoms with Crippen LogP contribution in [0, 0.1) is 5.41 Å². The fourth-order valence-electron chi connectivity index (χ4n) is 1.09. The average molecular weight is 181 g/mol. The molecule has 0 saturated carbocycles. The molecule has 0 radical (unpaired) electrons. The third kappa shape index (κ3) is 3.03. The maximum Gasteiger partial charge on any atom is 0.181 e. The van der Waals surface area contributed by atoms with Crippen molar-refractivity contribution in [3.05, 3.63) is 34.7 Å². The van der Waals surface area contributed by atoms with E-state index in [-0.39, 0.29) is 17.5 Å². The van der Waals surface area contributed by atoms with E-state index >= 15 is 0 Å². The monoisotopic (exact) mass is 181 g/mol. The largest absolute Gasteiger partial charge is 0.396 e. The first kappa shape index (κ1) is 9.99. The summed E-state index contributed by atoms with van der Waals surface area (Å²) in [5, 5.41) is 9.03. The van der Waals surface area contributed by atoms with Crippen molar-refractivity contribution in [2.45, 2.75) is 20.4 Å². The Labute approximate surface area is 77.6 Å². The molecule has 0 saturated heterocycles. The van der Waals surface area contributed by atoms with E-state index in [4.69, 9.17) is 5.11 Å². The molecule has 0 bridgehead atoms. The van der Waals surface area contributed by atoms with Gasteiger partial charge in [0, 0.05) is 43.1 Å². The molecule has 3 heteroatoms. The highest BCUT2D eigenvalue weighted by atomic mass is 16.3. The zero-order chi connectivity index (χ0) is 9.90. The van der Waals surface area contributed by atoms with E-state index in [1.807, 2.05) is 18.4 Å². The maximum atomic E-state index is 10.8. The summed E-state index contributed by atoms with van der Waals surface area (Å²) in [6, 6.07) is 3.04. The summed E-state index contributed by atoms with van der Waals surface area (Å²) in [4.78, 5) is 10.8. The molecule has 0 unspecified atom stereocenters. The first-order valence-electron chi connectivity index (χ1n) is 4.30. The minimum absolute atomic E-state index is 0.0121. The molecule has 0 atom stereocenters. The van der Waals surface area contributed by atoms with Gasteiger partial charge in [0.1, 0.15) is 0 Å². The minimum Gasteiger partial charge on any atom is -0.396 e. The number of rotatable bonds is 3. The van der Waals surface area contributed by atoms with Gasteiger partial charge in [-0.05, 0) is 0 Å². The lowest BCUT2D eigenvalue weighted by molar-refractivity contribution is 0.140. The number of nitrogens with zero attached hydrogens (tertiary/aromatic N) is 1. The van der Waals surface area contributed by atoms with Gasteiger partial charge in [0.05, 0.1) is 0 Å². The van der Waals surface area contributed by atoms with Gasteiger partial charge in [-0.1, -0.05) is 13.8 Å². The van der Waals surface area contributed by atoms with Crippen molar-refractivity contribution in [3.63, 3.8) is 0 Å². The second-order valence-corrected chi connectivity index (χ2v) is 4.03. The van der Waals surface area contributed by atoms with Crippen molar-refractivity contribution in [3.8, 4) is 0 Å². The lowest BCUT2D eigenvalue weighted by atomic mass is 9.95. The Morgan fingerprint density at radius 1 is 1.38 bits per heavy atom. The molecule has 0 aliphatic carbocycles. The number of hydrogen-bond donors (Lipinski definition) is 1. The van der Waals surface area contributed by atoms with Crippen LogP contribution in [0.1, 0.15) is 13.8 Å². The van der Waals surface area contributed by atoms with E-state index in [9.17, 15) is 4.79 Å². The molecule has 1 N–H and O–H groups in total.